The maximum absolute atomic E-state index is 9.68. The van der Waals surface area contributed by atoms with Gasteiger partial charge in [0.05, 0.1) is 6.10 Å². The summed E-state index contributed by atoms with van der Waals surface area (Å²) in [6.07, 6.45) is -1.90. The van der Waals surface area contributed by atoms with Crippen molar-refractivity contribution >= 4 is 0 Å². The summed E-state index contributed by atoms with van der Waals surface area (Å²) < 4.78 is 5.17. The van der Waals surface area contributed by atoms with Crippen LogP contribution in [0.3, 0.4) is 0 Å². The van der Waals surface area contributed by atoms with Gasteiger partial charge in [0.15, 0.2) is 6.29 Å². The smallest absolute Gasteiger partial charge is 0.182 e. The van der Waals surface area contributed by atoms with E-state index in [0.717, 1.165) is 0 Å². The van der Waals surface area contributed by atoms with Crippen molar-refractivity contribution < 1.29 is 14.9 Å². The SMILES string of the molecule is C[C@H]1O[C@@H](O)[C@H](O)C(N(C)C)[C@@H]1C. The predicted molar refractivity (Wildman–Crippen MR) is 49.2 cm³/mol. The van der Waals surface area contributed by atoms with Gasteiger partial charge in [-0.3, -0.25) is 0 Å². The lowest BCUT2D eigenvalue weighted by Crippen LogP contribution is -2.57. The van der Waals surface area contributed by atoms with Crippen LogP contribution in [0.1, 0.15) is 13.8 Å². The molecule has 1 fully saturated rings. The molecule has 0 spiro atoms. The van der Waals surface area contributed by atoms with Crippen LogP contribution in [0.5, 0.6) is 0 Å². The van der Waals surface area contributed by atoms with E-state index in [-0.39, 0.29) is 18.1 Å². The van der Waals surface area contributed by atoms with Crippen molar-refractivity contribution in [3.05, 3.63) is 0 Å². The number of ether oxygens (including phenoxy) is 1. The Morgan fingerprint density at radius 2 is 1.69 bits per heavy atom. The molecule has 4 heteroatoms. The molecule has 13 heavy (non-hydrogen) atoms. The van der Waals surface area contributed by atoms with Gasteiger partial charge >= 0.3 is 0 Å². The summed E-state index contributed by atoms with van der Waals surface area (Å²) in [4.78, 5) is 1.93. The highest BCUT2D eigenvalue weighted by Crippen LogP contribution is 2.27. The highest BCUT2D eigenvalue weighted by Gasteiger charge is 2.41. The van der Waals surface area contributed by atoms with E-state index in [2.05, 4.69) is 0 Å². The second-order valence-electron chi connectivity index (χ2n) is 4.04. The lowest BCUT2D eigenvalue weighted by molar-refractivity contribution is -0.247. The first-order valence-electron chi connectivity index (χ1n) is 4.63. The highest BCUT2D eigenvalue weighted by atomic mass is 16.6. The average molecular weight is 189 g/mol. The minimum Gasteiger partial charge on any atom is -0.386 e. The monoisotopic (exact) mass is 189 g/mol. The third-order valence-corrected chi connectivity index (χ3v) is 2.87. The van der Waals surface area contributed by atoms with Crippen LogP contribution in [0, 0.1) is 5.92 Å². The van der Waals surface area contributed by atoms with Gasteiger partial charge < -0.3 is 19.8 Å². The van der Waals surface area contributed by atoms with Crippen LogP contribution in [0.4, 0.5) is 0 Å². The molecule has 1 unspecified atom stereocenters. The average Bonchev–Trinajstić information content (AvgIpc) is 2.01. The Balaban J connectivity index is 2.76. The molecule has 0 aromatic carbocycles. The van der Waals surface area contributed by atoms with Crippen LogP contribution in [-0.2, 0) is 4.74 Å². The van der Waals surface area contributed by atoms with E-state index in [9.17, 15) is 10.2 Å². The Morgan fingerprint density at radius 1 is 1.15 bits per heavy atom. The van der Waals surface area contributed by atoms with Gasteiger partial charge in [-0.05, 0) is 21.0 Å². The van der Waals surface area contributed by atoms with Gasteiger partial charge in [0.25, 0.3) is 0 Å². The second-order valence-corrected chi connectivity index (χ2v) is 4.04. The molecule has 0 radical (unpaired) electrons. The van der Waals surface area contributed by atoms with Gasteiger partial charge in [-0.15, -0.1) is 0 Å². The first-order valence-corrected chi connectivity index (χ1v) is 4.63. The number of hydrogen-bond donors (Lipinski definition) is 2. The van der Waals surface area contributed by atoms with Crippen molar-refractivity contribution in [1.29, 1.82) is 0 Å². The van der Waals surface area contributed by atoms with Gasteiger partial charge in [-0.2, -0.15) is 0 Å². The molecule has 0 aromatic rings. The summed E-state index contributed by atoms with van der Waals surface area (Å²) in [5.41, 5.74) is 0. The Labute approximate surface area is 79.1 Å². The molecule has 0 amide bonds. The van der Waals surface area contributed by atoms with Gasteiger partial charge in [-0.1, -0.05) is 6.92 Å². The number of hydrogen-bond acceptors (Lipinski definition) is 4. The molecule has 1 rings (SSSR count). The Morgan fingerprint density at radius 3 is 2.15 bits per heavy atom. The molecule has 2 N–H and O–H groups in total. The Hall–Kier alpha value is -0.160. The predicted octanol–water partition coefficient (Wildman–Crippen LogP) is -0.349. The molecule has 1 heterocycles. The van der Waals surface area contributed by atoms with E-state index in [0.29, 0.717) is 0 Å². The molecule has 0 bridgehead atoms. The zero-order chi connectivity index (χ0) is 10.2. The van der Waals surface area contributed by atoms with E-state index in [1.165, 1.54) is 0 Å². The number of aliphatic hydroxyl groups is 2. The van der Waals surface area contributed by atoms with Crippen LogP contribution in [0.25, 0.3) is 0 Å². The summed E-state index contributed by atoms with van der Waals surface area (Å²) >= 11 is 0. The van der Waals surface area contributed by atoms with E-state index >= 15 is 0 Å². The topological polar surface area (TPSA) is 52.9 Å². The summed E-state index contributed by atoms with van der Waals surface area (Å²) in [5, 5.41) is 19.1. The van der Waals surface area contributed by atoms with Gasteiger partial charge in [0.2, 0.25) is 0 Å². The lowest BCUT2D eigenvalue weighted by atomic mass is 9.88. The van der Waals surface area contributed by atoms with Crippen LogP contribution >= 0.6 is 0 Å². The first kappa shape index (κ1) is 10.9. The van der Waals surface area contributed by atoms with Crippen molar-refractivity contribution in [2.45, 2.75) is 38.4 Å². The lowest BCUT2D eigenvalue weighted by Gasteiger charge is -2.43. The fraction of sp³-hybridized carbons (Fsp3) is 1.00. The standard InChI is InChI=1S/C9H19NO3/c1-5-6(2)13-9(12)8(11)7(5)10(3)4/h5-9,11-12H,1-4H3/t5-,6-,7?,8-,9-/m1/s1. The van der Waals surface area contributed by atoms with Crippen molar-refractivity contribution in [2.24, 2.45) is 5.92 Å². The fourth-order valence-corrected chi connectivity index (χ4v) is 1.96. The minimum absolute atomic E-state index is 0.0224. The van der Waals surface area contributed by atoms with Crippen molar-refractivity contribution in [3.8, 4) is 0 Å². The largest absolute Gasteiger partial charge is 0.386 e. The molecule has 1 saturated heterocycles. The van der Waals surface area contributed by atoms with Crippen molar-refractivity contribution in [2.75, 3.05) is 14.1 Å². The van der Waals surface area contributed by atoms with Crippen molar-refractivity contribution in [1.82, 2.24) is 4.90 Å². The van der Waals surface area contributed by atoms with E-state index in [1.54, 1.807) is 0 Å². The summed E-state index contributed by atoms with van der Waals surface area (Å²) in [6, 6.07) is -0.0428. The van der Waals surface area contributed by atoms with E-state index < -0.39 is 12.4 Å². The van der Waals surface area contributed by atoms with Crippen LogP contribution in [0.2, 0.25) is 0 Å². The molecule has 4 nitrogen and oxygen atoms in total. The van der Waals surface area contributed by atoms with Gasteiger partial charge in [0.1, 0.15) is 6.10 Å². The molecule has 5 atom stereocenters. The maximum atomic E-state index is 9.68. The number of rotatable bonds is 1. The van der Waals surface area contributed by atoms with E-state index in [4.69, 9.17) is 4.74 Å². The molecule has 1 aliphatic heterocycles. The van der Waals surface area contributed by atoms with E-state index in [1.807, 2.05) is 32.8 Å². The summed E-state index contributed by atoms with van der Waals surface area (Å²) in [7, 11) is 3.80. The van der Waals surface area contributed by atoms with Crippen LogP contribution in [-0.4, -0.2) is 53.7 Å². The van der Waals surface area contributed by atoms with Crippen LogP contribution < -0.4 is 0 Å². The minimum atomic E-state index is -1.06. The Bertz CT molecular complexity index is 160. The number of nitrogens with zero attached hydrogens (tertiary/aromatic N) is 1. The zero-order valence-corrected chi connectivity index (χ0v) is 8.64. The molecule has 0 saturated carbocycles. The first-order chi connectivity index (χ1) is 5.95. The summed E-state index contributed by atoms with van der Waals surface area (Å²) in [5.74, 6) is 0.216. The molecular weight excluding hydrogens is 170 g/mol. The molecule has 0 aromatic heterocycles. The number of likely N-dealkylation sites (N-methyl/N-ethyl adjacent to an activating group) is 1. The zero-order valence-electron chi connectivity index (χ0n) is 8.64. The molecule has 1 aliphatic rings. The van der Waals surface area contributed by atoms with Gasteiger partial charge in [0, 0.05) is 12.0 Å². The summed E-state index contributed by atoms with van der Waals surface area (Å²) in [6.45, 7) is 3.93. The maximum Gasteiger partial charge on any atom is 0.182 e. The van der Waals surface area contributed by atoms with Crippen LogP contribution in [0.15, 0.2) is 0 Å². The fourth-order valence-electron chi connectivity index (χ4n) is 1.96. The third kappa shape index (κ3) is 2.02. The molecule has 0 aliphatic carbocycles. The van der Waals surface area contributed by atoms with Gasteiger partial charge in [-0.25, -0.2) is 0 Å². The normalized spacial score (nSPS) is 46.8. The Kier molecular flexibility index (Phi) is 3.29. The number of aliphatic hydroxyl groups excluding tert-OH is 2. The van der Waals surface area contributed by atoms with Crippen molar-refractivity contribution in [3.63, 3.8) is 0 Å². The second kappa shape index (κ2) is 3.92. The molecular formula is C9H19NO3. The highest BCUT2D eigenvalue weighted by molar-refractivity contribution is 4.89. The molecule has 78 valence electrons. The quantitative estimate of drug-likeness (QED) is 0.592. The third-order valence-electron chi connectivity index (χ3n) is 2.87.